The molecule has 2 aromatic heterocycles. The molecule has 142 valence electrons. The lowest BCUT2D eigenvalue weighted by Crippen LogP contribution is -2.20. The summed E-state index contributed by atoms with van der Waals surface area (Å²) in [7, 11) is 0. The minimum Gasteiger partial charge on any atom is -0.321 e. The number of hydrogen-bond donors (Lipinski definition) is 1. The normalized spacial score (nSPS) is 11.2. The highest BCUT2D eigenvalue weighted by atomic mass is 35.5. The van der Waals surface area contributed by atoms with Gasteiger partial charge in [0.2, 0.25) is 0 Å². The van der Waals surface area contributed by atoms with Crippen molar-refractivity contribution in [2.24, 2.45) is 0 Å². The highest BCUT2D eigenvalue weighted by Gasteiger charge is 2.18. The number of carbonyl (C=O) groups excluding carboxylic acids is 1. The van der Waals surface area contributed by atoms with Gasteiger partial charge in [0.05, 0.1) is 5.56 Å². The molecular weight excluding hydrogens is 384 g/mol. The number of nitrogens with zero attached hydrogens (tertiary/aromatic N) is 1. The summed E-state index contributed by atoms with van der Waals surface area (Å²) in [5.41, 5.74) is 2.82. The summed E-state index contributed by atoms with van der Waals surface area (Å²) in [5, 5.41) is 1.31. The minimum atomic E-state index is -0.411. The molecule has 0 unspecified atom stereocenters. The lowest BCUT2D eigenvalue weighted by atomic mass is 9.94. The SMILES string of the molecule is O=C(/C=C/c1cccnc1)c1c(Cc2ccccc2)c2cc(Cl)ccc2[nH]c1=O. The van der Waals surface area contributed by atoms with Crippen LogP contribution in [0.5, 0.6) is 0 Å². The molecule has 5 heteroatoms. The maximum Gasteiger partial charge on any atom is 0.259 e. The minimum absolute atomic E-state index is 0.128. The molecule has 4 rings (SSSR count). The van der Waals surface area contributed by atoms with Gasteiger partial charge in [0.25, 0.3) is 5.56 Å². The number of allylic oxidation sites excluding steroid dienone is 1. The highest BCUT2D eigenvalue weighted by Crippen LogP contribution is 2.25. The van der Waals surface area contributed by atoms with Crippen molar-refractivity contribution >= 4 is 34.4 Å². The number of benzene rings is 2. The van der Waals surface area contributed by atoms with Gasteiger partial charge in [-0.1, -0.05) is 48.0 Å². The van der Waals surface area contributed by atoms with Crippen LogP contribution in [0.3, 0.4) is 0 Å². The van der Waals surface area contributed by atoms with Crippen molar-refractivity contribution in [3.05, 3.63) is 117 Å². The van der Waals surface area contributed by atoms with Gasteiger partial charge < -0.3 is 4.98 Å². The monoisotopic (exact) mass is 400 g/mol. The molecule has 0 aliphatic carbocycles. The Hall–Kier alpha value is -3.50. The number of H-pyrrole nitrogens is 1. The predicted octanol–water partition coefficient (Wildman–Crippen LogP) is 5.06. The molecule has 0 aliphatic heterocycles. The van der Waals surface area contributed by atoms with Crippen molar-refractivity contribution in [3.63, 3.8) is 0 Å². The van der Waals surface area contributed by atoms with E-state index < -0.39 is 5.56 Å². The van der Waals surface area contributed by atoms with Gasteiger partial charge in [-0.2, -0.15) is 0 Å². The number of halogens is 1. The summed E-state index contributed by atoms with van der Waals surface area (Å²) in [4.78, 5) is 32.7. The molecule has 2 heterocycles. The Labute approximate surface area is 172 Å². The molecule has 29 heavy (non-hydrogen) atoms. The summed E-state index contributed by atoms with van der Waals surface area (Å²) in [6.07, 6.45) is 6.83. The molecule has 0 spiro atoms. The fraction of sp³-hybridized carbons (Fsp3) is 0.0417. The third kappa shape index (κ3) is 4.18. The Morgan fingerprint density at radius 3 is 2.66 bits per heavy atom. The van der Waals surface area contributed by atoms with Gasteiger partial charge >= 0.3 is 0 Å². The second-order valence-corrected chi connectivity index (χ2v) is 7.08. The smallest absolute Gasteiger partial charge is 0.259 e. The number of aromatic nitrogens is 2. The fourth-order valence-corrected chi connectivity index (χ4v) is 3.48. The molecule has 1 N–H and O–H groups in total. The molecule has 0 saturated heterocycles. The molecule has 0 amide bonds. The summed E-state index contributed by atoms with van der Waals surface area (Å²) in [6, 6.07) is 18.6. The van der Waals surface area contributed by atoms with E-state index in [0.29, 0.717) is 22.5 Å². The zero-order chi connectivity index (χ0) is 20.2. The van der Waals surface area contributed by atoms with Crippen LogP contribution in [0.2, 0.25) is 5.02 Å². The van der Waals surface area contributed by atoms with Crippen LogP contribution in [0.1, 0.15) is 27.0 Å². The van der Waals surface area contributed by atoms with Crippen LogP contribution >= 0.6 is 11.6 Å². The second kappa shape index (κ2) is 8.25. The summed E-state index contributed by atoms with van der Waals surface area (Å²) in [5.74, 6) is -0.358. The van der Waals surface area contributed by atoms with E-state index >= 15 is 0 Å². The number of rotatable bonds is 5. The summed E-state index contributed by atoms with van der Waals surface area (Å²) in [6.45, 7) is 0. The van der Waals surface area contributed by atoms with Gasteiger partial charge in [-0.25, -0.2) is 0 Å². The topological polar surface area (TPSA) is 62.8 Å². The van der Waals surface area contributed by atoms with E-state index in [4.69, 9.17) is 11.6 Å². The molecule has 4 aromatic rings. The number of hydrogen-bond acceptors (Lipinski definition) is 3. The number of pyridine rings is 2. The first-order chi connectivity index (χ1) is 14.1. The first kappa shape index (κ1) is 18.8. The van der Waals surface area contributed by atoms with Gasteiger partial charge in [0.15, 0.2) is 5.78 Å². The zero-order valence-electron chi connectivity index (χ0n) is 15.4. The van der Waals surface area contributed by atoms with Crippen LogP contribution in [0, 0.1) is 0 Å². The fourth-order valence-electron chi connectivity index (χ4n) is 3.31. The molecule has 0 fully saturated rings. The van der Waals surface area contributed by atoms with E-state index in [-0.39, 0.29) is 11.3 Å². The molecule has 4 nitrogen and oxygen atoms in total. The molecule has 0 aliphatic rings. The van der Waals surface area contributed by atoms with Gasteiger partial charge in [-0.15, -0.1) is 0 Å². The van der Waals surface area contributed by atoms with Gasteiger partial charge in [0.1, 0.15) is 0 Å². The average molecular weight is 401 g/mol. The largest absolute Gasteiger partial charge is 0.321 e. The molecular formula is C24H17ClN2O2. The number of nitrogens with one attached hydrogen (secondary N) is 1. The van der Waals surface area contributed by atoms with Crippen molar-refractivity contribution in [1.29, 1.82) is 0 Å². The van der Waals surface area contributed by atoms with Crippen molar-refractivity contribution in [1.82, 2.24) is 9.97 Å². The third-order valence-electron chi connectivity index (χ3n) is 4.67. The Kier molecular flexibility index (Phi) is 5.36. The van der Waals surface area contributed by atoms with E-state index in [1.54, 1.807) is 42.7 Å². The molecule has 0 saturated carbocycles. The number of aromatic amines is 1. The molecule has 2 aromatic carbocycles. The van der Waals surface area contributed by atoms with E-state index in [9.17, 15) is 9.59 Å². The average Bonchev–Trinajstić information content (AvgIpc) is 2.74. The number of fused-ring (bicyclic) bond motifs is 1. The third-order valence-corrected chi connectivity index (χ3v) is 4.90. The maximum absolute atomic E-state index is 13.0. The highest BCUT2D eigenvalue weighted by molar-refractivity contribution is 6.31. The number of carbonyl (C=O) groups is 1. The number of ketones is 1. The van der Waals surface area contributed by atoms with Crippen LogP contribution < -0.4 is 5.56 Å². The van der Waals surface area contributed by atoms with Gasteiger partial charge in [0, 0.05) is 28.3 Å². The van der Waals surface area contributed by atoms with E-state index in [0.717, 1.165) is 16.5 Å². The standard InChI is InChI=1S/C24H17ClN2O2/c25-18-9-10-21-19(14-18)20(13-16-5-2-1-3-6-16)23(24(29)27-21)22(28)11-8-17-7-4-12-26-15-17/h1-12,14-15H,13H2,(H,27,29)/b11-8+. The Balaban J connectivity index is 1.86. The van der Waals surface area contributed by atoms with Crippen molar-refractivity contribution < 1.29 is 4.79 Å². The van der Waals surface area contributed by atoms with Crippen LogP contribution in [0.15, 0.2) is 83.9 Å². The van der Waals surface area contributed by atoms with E-state index in [2.05, 4.69) is 9.97 Å². The first-order valence-corrected chi connectivity index (χ1v) is 9.50. The van der Waals surface area contributed by atoms with Crippen LogP contribution in [0.4, 0.5) is 0 Å². The van der Waals surface area contributed by atoms with Gasteiger partial charge in [-0.3, -0.25) is 14.6 Å². The van der Waals surface area contributed by atoms with Crippen molar-refractivity contribution in [2.45, 2.75) is 6.42 Å². The Morgan fingerprint density at radius 1 is 1.07 bits per heavy atom. The Morgan fingerprint density at radius 2 is 1.90 bits per heavy atom. The summed E-state index contributed by atoms with van der Waals surface area (Å²) >= 11 is 6.21. The van der Waals surface area contributed by atoms with Crippen molar-refractivity contribution in [2.75, 3.05) is 0 Å². The van der Waals surface area contributed by atoms with E-state index in [1.807, 2.05) is 36.4 Å². The lowest BCUT2D eigenvalue weighted by molar-refractivity contribution is 0.104. The van der Waals surface area contributed by atoms with Crippen LogP contribution in [-0.4, -0.2) is 15.8 Å². The lowest BCUT2D eigenvalue weighted by Gasteiger charge is -2.12. The molecule has 0 radical (unpaired) electrons. The summed E-state index contributed by atoms with van der Waals surface area (Å²) < 4.78 is 0. The zero-order valence-corrected chi connectivity index (χ0v) is 16.2. The Bertz CT molecular complexity index is 1260. The first-order valence-electron chi connectivity index (χ1n) is 9.12. The van der Waals surface area contributed by atoms with Gasteiger partial charge in [-0.05, 0) is 59.5 Å². The van der Waals surface area contributed by atoms with Crippen molar-refractivity contribution in [3.8, 4) is 0 Å². The van der Waals surface area contributed by atoms with E-state index in [1.165, 1.54) is 6.08 Å². The molecule has 0 bridgehead atoms. The van der Waals surface area contributed by atoms with Crippen LogP contribution in [0.25, 0.3) is 17.0 Å². The van der Waals surface area contributed by atoms with Crippen LogP contribution in [-0.2, 0) is 6.42 Å². The predicted molar refractivity (Wildman–Crippen MR) is 116 cm³/mol. The second-order valence-electron chi connectivity index (χ2n) is 6.64. The quantitative estimate of drug-likeness (QED) is 0.376. The maximum atomic E-state index is 13.0. The molecule has 0 atom stereocenters.